The van der Waals surface area contributed by atoms with Crippen molar-refractivity contribution >= 4 is 12.1 Å². The number of rotatable bonds is 8. The molecule has 0 aliphatic heterocycles. The Balaban J connectivity index is 1.36. The van der Waals surface area contributed by atoms with Crippen LogP contribution in [-0.4, -0.2) is 18.7 Å². The molecule has 3 atom stereocenters. The molecule has 2 fully saturated rings. The summed E-state index contributed by atoms with van der Waals surface area (Å²) in [6.45, 7) is 5.21. The number of amides is 1. The maximum absolute atomic E-state index is 12.5. The fraction of sp³-hybridized carbons (Fsp3) is 0.440. The van der Waals surface area contributed by atoms with Crippen molar-refractivity contribution in [2.45, 2.75) is 46.1 Å². The Morgan fingerprint density at radius 1 is 1.17 bits per heavy atom. The predicted molar refractivity (Wildman–Crippen MR) is 118 cm³/mol. The van der Waals surface area contributed by atoms with Gasteiger partial charge in [-0.25, -0.2) is 5.43 Å². The van der Waals surface area contributed by atoms with Crippen LogP contribution in [0.3, 0.4) is 0 Å². The highest BCUT2D eigenvalue weighted by Gasteiger charge is 2.64. The standard InChI is InChI=1S/C25H30N2O3/c1-3-29-22-15-19(12-13-21(22)30-17-18-9-5-4-6-10-18)16-26-27-24(28)23-20-11-7-8-14-25(20,23)2/h4-6,9-10,12-13,15-16,20,23H,3,7-8,11,14,17H2,1-2H3,(H,27,28)/b26-16+/t20-,23-,25+/m0/s1. The minimum absolute atomic E-state index is 0.0495. The topological polar surface area (TPSA) is 59.9 Å². The van der Waals surface area contributed by atoms with Crippen molar-refractivity contribution in [2.24, 2.45) is 22.4 Å². The van der Waals surface area contributed by atoms with E-state index < -0.39 is 0 Å². The summed E-state index contributed by atoms with van der Waals surface area (Å²) < 4.78 is 11.7. The number of hydrogen-bond acceptors (Lipinski definition) is 4. The summed E-state index contributed by atoms with van der Waals surface area (Å²) in [5, 5.41) is 4.20. The second-order valence-corrected chi connectivity index (χ2v) is 8.48. The molecule has 2 aliphatic rings. The lowest BCUT2D eigenvalue weighted by atomic mass is 9.90. The van der Waals surface area contributed by atoms with Crippen molar-refractivity contribution in [1.82, 2.24) is 5.43 Å². The Morgan fingerprint density at radius 3 is 2.73 bits per heavy atom. The van der Waals surface area contributed by atoms with Crippen molar-refractivity contribution in [2.75, 3.05) is 6.61 Å². The zero-order chi connectivity index (χ0) is 21.0. The van der Waals surface area contributed by atoms with E-state index in [4.69, 9.17) is 9.47 Å². The molecule has 0 unspecified atom stereocenters. The van der Waals surface area contributed by atoms with E-state index >= 15 is 0 Å². The number of carbonyl (C=O) groups excluding carboxylic acids is 1. The van der Waals surface area contributed by atoms with Gasteiger partial charge in [0.25, 0.3) is 0 Å². The van der Waals surface area contributed by atoms with Gasteiger partial charge in [0.2, 0.25) is 5.91 Å². The van der Waals surface area contributed by atoms with E-state index in [1.54, 1.807) is 6.21 Å². The number of carbonyl (C=O) groups is 1. The lowest BCUT2D eigenvalue weighted by molar-refractivity contribution is -0.123. The minimum atomic E-state index is 0.0495. The number of hydrogen-bond donors (Lipinski definition) is 1. The Kier molecular flexibility index (Phi) is 6.07. The van der Waals surface area contributed by atoms with Crippen molar-refractivity contribution in [3.8, 4) is 11.5 Å². The number of fused-ring (bicyclic) bond motifs is 1. The first-order valence-corrected chi connectivity index (χ1v) is 10.9. The first-order chi connectivity index (χ1) is 14.6. The molecular formula is C25H30N2O3. The summed E-state index contributed by atoms with van der Waals surface area (Å²) in [6, 6.07) is 15.7. The molecule has 0 spiro atoms. The van der Waals surface area contributed by atoms with Gasteiger partial charge >= 0.3 is 0 Å². The third kappa shape index (κ3) is 4.35. The molecular weight excluding hydrogens is 376 g/mol. The van der Waals surface area contributed by atoms with Gasteiger partial charge in [-0.15, -0.1) is 0 Å². The second kappa shape index (κ2) is 8.90. The number of nitrogens with one attached hydrogen (secondary N) is 1. The van der Waals surface area contributed by atoms with Crippen LogP contribution in [0.15, 0.2) is 53.6 Å². The van der Waals surface area contributed by atoms with Crippen LogP contribution in [-0.2, 0) is 11.4 Å². The molecule has 2 saturated carbocycles. The van der Waals surface area contributed by atoms with Crippen LogP contribution in [0.1, 0.15) is 50.7 Å². The summed E-state index contributed by atoms with van der Waals surface area (Å²) in [4.78, 5) is 12.5. The normalized spacial score (nSPS) is 24.9. The first-order valence-electron chi connectivity index (χ1n) is 10.9. The van der Waals surface area contributed by atoms with Gasteiger partial charge in [0, 0.05) is 5.92 Å². The Hall–Kier alpha value is -2.82. The van der Waals surface area contributed by atoms with Crippen LogP contribution in [0.5, 0.6) is 11.5 Å². The molecule has 5 heteroatoms. The van der Waals surface area contributed by atoms with E-state index in [1.807, 2.05) is 55.5 Å². The SMILES string of the molecule is CCOc1cc(/C=N/NC(=O)[C@@H]2[C@@H]3CCCC[C@@]23C)ccc1OCc1ccccc1. The monoisotopic (exact) mass is 406 g/mol. The highest BCUT2D eigenvalue weighted by Crippen LogP contribution is 2.66. The molecule has 2 aromatic rings. The molecule has 1 amide bonds. The number of nitrogens with zero attached hydrogens (tertiary/aromatic N) is 1. The largest absolute Gasteiger partial charge is 0.490 e. The summed E-state index contributed by atoms with van der Waals surface area (Å²) >= 11 is 0. The van der Waals surface area contributed by atoms with Crippen molar-refractivity contribution < 1.29 is 14.3 Å². The second-order valence-electron chi connectivity index (χ2n) is 8.48. The van der Waals surface area contributed by atoms with Gasteiger partial charge in [0.05, 0.1) is 12.8 Å². The van der Waals surface area contributed by atoms with E-state index in [2.05, 4.69) is 17.5 Å². The van der Waals surface area contributed by atoms with Gasteiger partial charge in [0.15, 0.2) is 11.5 Å². The highest BCUT2D eigenvalue weighted by atomic mass is 16.5. The van der Waals surface area contributed by atoms with E-state index in [1.165, 1.54) is 19.3 Å². The zero-order valence-corrected chi connectivity index (χ0v) is 17.8. The van der Waals surface area contributed by atoms with Crippen molar-refractivity contribution in [3.05, 3.63) is 59.7 Å². The molecule has 0 radical (unpaired) electrons. The van der Waals surface area contributed by atoms with Gasteiger partial charge in [-0.2, -0.15) is 5.10 Å². The number of ether oxygens (including phenoxy) is 2. The van der Waals surface area contributed by atoms with E-state index in [0.717, 1.165) is 17.5 Å². The Morgan fingerprint density at radius 2 is 2.00 bits per heavy atom. The first kappa shape index (κ1) is 20.5. The molecule has 4 rings (SSSR count). The molecule has 30 heavy (non-hydrogen) atoms. The molecule has 0 saturated heterocycles. The number of hydrazone groups is 1. The molecule has 2 aromatic carbocycles. The quantitative estimate of drug-likeness (QED) is 0.499. The van der Waals surface area contributed by atoms with Gasteiger partial charge in [-0.3, -0.25) is 4.79 Å². The smallest absolute Gasteiger partial charge is 0.244 e. The zero-order valence-electron chi connectivity index (χ0n) is 17.8. The summed E-state index contributed by atoms with van der Waals surface area (Å²) in [6.07, 6.45) is 6.46. The van der Waals surface area contributed by atoms with Gasteiger partial charge in [-0.05, 0) is 60.4 Å². The average Bonchev–Trinajstić information content (AvgIpc) is 3.39. The van der Waals surface area contributed by atoms with Crippen LogP contribution >= 0.6 is 0 Å². The van der Waals surface area contributed by atoms with E-state index in [0.29, 0.717) is 30.6 Å². The van der Waals surface area contributed by atoms with Crippen LogP contribution in [0.4, 0.5) is 0 Å². The van der Waals surface area contributed by atoms with Crippen LogP contribution in [0.2, 0.25) is 0 Å². The van der Waals surface area contributed by atoms with Crippen molar-refractivity contribution in [1.29, 1.82) is 0 Å². The third-order valence-corrected chi connectivity index (χ3v) is 6.51. The molecule has 5 nitrogen and oxygen atoms in total. The van der Waals surface area contributed by atoms with Gasteiger partial charge in [-0.1, -0.05) is 50.1 Å². The van der Waals surface area contributed by atoms with Crippen LogP contribution < -0.4 is 14.9 Å². The Labute approximate surface area is 178 Å². The number of benzene rings is 2. The minimum Gasteiger partial charge on any atom is -0.490 e. The summed E-state index contributed by atoms with van der Waals surface area (Å²) in [5.41, 5.74) is 4.89. The molecule has 1 N–H and O–H groups in total. The third-order valence-electron chi connectivity index (χ3n) is 6.51. The highest BCUT2D eigenvalue weighted by molar-refractivity contribution is 5.86. The average molecular weight is 407 g/mol. The van der Waals surface area contributed by atoms with Gasteiger partial charge in [0.1, 0.15) is 6.61 Å². The summed E-state index contributed by atoms with van der Waals surface area (Å²) in [5.74, 6) is 2.06. The van der Waals surface area contributed by atoms with Crippen LogP contribution in [0.25, 0.3) is 0 Å². The van der Waals surface area contributed by atoms with E-state index in [-0.39, 0.29) is 17.2 Å². The molecule has 0 aromatic heterocycles. The van der Waals surface area contributed by atoms with Gasteiger partial charge < -0.3 is 9.47 Å². The molecule has 0 bridgehead atoms. The maximum Gasteiger partial charge on any atom is 0.244 e. The molecule has 2 aliphatic carbocycles. The van der Waals surface area contributed by atoms with Crippen molar-refractivity contribution in [3.63, 3.8) is 0 Å². The maximum atomic E-state index is 12.5. The predicted octanol–water partition coefficient (Wildman–Crippen LogP) is 4.94. The fourth-order valence-corrected chi connectivity index (χ4v) is 4.82. The lowest BCUT2D eigenvalue weighted by Crippen LogP contribution is -2.22. The molecule has 158 valence electrons. The Bertz CT molecular complexity index is 912. The van der Waals surface area contributed by atoms with Crippen LogP contribution in [0, 0.1) is 17.3 Å². The van der Waals surface area contributed by atoms with E-state index in [9.17, 15) is 4.79 Å². The summed E-state index contributed by atoms with van der Waals surface area (Å²) in [7, 11) is 0. The fourth-order valence-electron chi connectivity index (χ4n) is 4.82. The molecule has 0 heterocycles. The lowest BCUT2D eigenvalue weighted by Gasteiger charge is -2.15.